The lowest BCUT2D eigenvalue weighted by molar-refractivity contribution is -0.143. The molecular weight excluding hydrogens is 442 g/mol. The molecule has 2 rings (SSSR count). The first-order valence-electron chi connectivity index (χ1n) is 12.1. The summed E-state index contributed by atoms with van der Waals surface area (Å²) in [5.41, 5.74) is 1.97. The largest absolute Gasteiger partial charge is 0.444 e. The summed E-state index contributed by atoms with van der Waals surface area (Å²) >= 11 is 0. The van der Waals surface area contributed by atoms with Crippen LogP contribution < -0.4 is 10.6 Å². The summed E-state index contributed by atoms with van der Waals surface area (Å²) < 4.78 is 5.38. The molecule has 35 heavy (non-hydrogen) atoms. The summed E-state index contributed by atoms with van der Waals surface area (Å²) in [6.07, 6.45) is -0.666. The number of carbonyl (C=O) groups excluding carboxylic acids is 3. The van der Waals surface area contributed by atoms with Crippen molar-refractivity contribution in [2.45, 2.75) is 72.7 Å². The third kappa shape index (κ3) is 8.42. The number of nitrogens with one attached hydrogen (secondary N) is 2. The van der Waals surface area contributed by atoms with Gasteiger partial charge < -0.3 is 20.3 Å². The van der Waals surface area contributed by atoms with Gasteiger partial charge in [0.25, 0.3) is 0 Å². The van der Waals surface area contributed by atoms with Gasteiger partial charge in [0, 0.05) is 13.1 Å². The molecular formula is C28H39N3O4. The fraction of sp³-hybridized carbons (Fsp3) is 0.464. The van der Waals surface area contributed by atoms with Crippen LogP contribution in [0.5, 0.6) is 0 Å². The molecule has 3 amide bonds. The molecule has 0 aliphatic heterocycles. The molecule has 0 saturated carbocycles. The molecule has 190 valence electrons. The average molecular weight is 482 g/mol. The van der Waals surface area contributed by atoms with Gasteiger partial charge in [-0.2, -0.15) is 0 Å². The Bertz CT molecular complexity index is 999. The Labute approximate surface area is 209 Å². The lowest BCUT2D eigenvalue weighted by atomic mass is 9.98. The van der Waals surface area contributed by atoms with Crippen LogP contribution in [-0.2, 0) is 20.9 Å². The van der Waals surface area contributed by atoms with E-state index in [0.29, 0.717) is 12.1 Å². The molecule has 0 bridgehead atoms. The predicted octanol–water partition coefficient (Wildman–Crippen LogP) is 4.75. The molecule has 0 aliphatic rings. The van der Waals surface area contributed by atoms with Crippen LogP contribution in [0.25, 0.3) is 0 Å². The summed E-state index contributed by atoms with van der Waals surface area (Å²) in [5, 5.41) is 5.70. The summed E-state index contributed by atoms with van der Waals surface area (Å²) in [4.78, 5) is 41.3. The van der Waals surface area contributed by atoms with Crippen molar-refractivity contribution in [3.63, 3.8) is 0 Å². The smallest absolute Gasteiger partial charge is 0.408 e. The Morgan fingerprint density at radius 3 is 2.20 bits per heavy atom. The Kier molecular flexibility index (Phi) is 9.87. The highest BCUT2D eigenvalue weighted by molar-refractivity contribution is 5.92. The van der Waals surface area contributed by atoms with Gasteiger partial charge in [-0.15, -0.1) is 0 Å². The van der Waals surface area contributed by atoms with Crippen molar-refractivity contribution in [2.75, 3.05) is 6.54 Å². The topological polar surface area (TPSA) is 87.7 Å². The maximum Gasteiger partial charge on any atom is 0.408 e. The quantitative estimate of drug-likeness (QED) is 0.541. The number of amides is 3. The molecule has 0 saturated heterocycles. The Morgan fingerprint density at radius 2 is 1.66 bits per heavy atom. The van der Waals surface area contributed by atoms with Crippen LogP contribution in [0.3, 0.4) is 0 Å². The van der Waals surface area contributed by atoms with Crippen molar-refractivity contribution < 1.29 is 19.1 Å². The van der Waals surface area contributed by atoms with Gasteiger partial charge in [-0.1, -0.05) is 74.0 Å². The third-order valence-corrected chi connectivity index (χ3v) is 5.46. The van der Waals surface area contributed by atoms with Gasteiger partial charge in [0.05, 0.1) is 0 Å². The normalized spacial score (nSPS) is 13.0. The standard InChI is InChI=1S/C28H39N3O4/c1-8-31(26(33)23(19(2)3)30-27(34)35-28(5,6)7)24(22-16-12-13-20(4)17-22)25(32)29-18-21-14-10-9-11-15-21/h9-17,19,23-24H,8,18H2,1-7H3,(H,29,32)(H,30,34). The number of carbonyl (C=O) groups is 3. The first-order chi connectivity index (χ1) is 16.4. The minimum Gasteiger partial charge on any atom is -0.444 e. The maximum atomic E-state index is 13.8. The minimum absolute atomic E-state index is 0.213. The number of ether oxygens (including phenoxy) is 1. The second-order valence-corrected chi connectivity index (χ2v) is 10.0. The fourth-order valence-corrected chi connectivity index (χ4v) is 3.79. The van der Waals surface area contributed by atoms with Crippen LogP contribution in [0.15, 0.2) is 54.6 Å². The predicted molar refractivity (Wildman–Crippen MR) is 138 cm³/mol. The lowest BCUT2D eigenvalue weighted by Gasteiger charge is -2.35. The van der Waals surface area contributed by atoms with Gasteiger partial charge in [0.2, 0.25) is 11.8 Å². The number of nitrogens with zero attached hydrogens (tertiary/aromatic N) is 1. The fourth-order valence-electron chi connectivity index (χ4n) is 3.79. The van der Waals surface area contributed by atoms with Crippen molar-refractivity contribution in [3.8, 4) is 0 Å². The van der Waals surface area contributed by atoms with Gasteiger partial charge in [-0.3, -0.25) is 9.59 Å². The van der Waals surface area contributed by atoms with Crippen LogP contribution in [0, 0.1) is 12.8 Å². The van der Waals surface area contributed by atoms with Crippen LogP contribution >= 0.6 is 0 Å². The van der Waals surface area contributed by atoms with E-state index < -0.39 is 23.8 Å². The van der Waals surface area contributed by atoms with E-state index in [1.165, 1.54) is 4.90 Å². The molecule has 0 aliphatic carbocycles. The molecule has 7 heteroatoms. The first kappa shape index (κ1) is 27.9. The van der Waals surface area contributed by atoms with Crippen molar-refractivity contribution >= 4 is 17.9 Å². The SMILES string of the molecule is CCN(C(=O)C(NC(=O)OC(C)(C)C)C(C)C)C(C(=O)NCc1ccccc1)c1cccc(C)c1. The zero-order valence-electron chi connectivity index (χ0n) is 21.9. The van der Waals surface area contributed by atoms with Crippen LogP contribution in [-0.4, -0.2) is 41.0 Å². The van der Waals surface area contributed by atoms with Gasteiger partial charge in [-0.25, -0.2) is 4.79 Å². The van der Waals surface area contributed by atoms with Gasteiger partial charge >= 0.3 is 6.09 Å². The van der Waals surface area contributed by atoms with Crippen LogP contribution in [0.1, 0.15) is 64.3 Å². The number of rotatable bonds is 9. The maximum absolute atomic E-state index is 13.8. The van der Waals surface area contributed by atoms with E-state index in [-0.39, 0.29) is 24.3 Å². The number of benzene rings is 2. The number of aryl methyl sites for hydroxylation is 1. The molecule has 2 aromatic rings. The van der Waals surface area contributed by atoms with E-state index in [1.807, 2.05) is 82.3 Å². The van der Waals surface area contributed by atoms with Gasteiger partial charge in [-0.05, 0) is 51.7 Å². The molecule has 2 atom stereocenters. The Hall–Kier alpha value is -3.35. The highest BCUT2D eigenvalue weighted by atomic mass is 16.6. The van der Waals surface area contributed by atoms with Crippen LogP contribution in [0.4, 0.5) is 4.79 Å². The molecule has 2 N–H and O–H groups in total. The van der Waals surface area contributed by atoms with E-state index in [4.69, 9.17) is 4.74 Å². The highest BCUT2D eigenvalue weighted by Crippen LogP contribution is 2.25. The highest BCUT2D eigenvalue weighted by Gasteiger charge is 2.36. The zero-order valence-corrected chi connectivity index (χ0v) is 21.9. The van der Waals surface area contributed by atoms with E-state index in [0.717, 1.165) is 11.1 Å². The molecule has 0 fully saturated rings. The van der Waals surface area contributed by atoms with E-state index in [1.54, 1.807) is 20.8 Å². The molecule has 0 aromatic heterocycles. The summed E-state index contributed by atoms with van der Waals surface area (Å²) in [6, 6.07) is 15.5. The first-order valence-corrected chi connectivity index (χ1v) is 12.1. The van der Waals surface area contributed by atoms with Crippen molar-refractivity contribution in [1.82, 2.24) is 15.5 Å². The lowest BCUT2D eigenvalue weighted by Crippen LogP contribution is -2.54. The molecule has 7 nitrogen and oxygen atoms in total. The Morgan fingerprint density at radius 1 is 1.00 bits per heavy atom. The second-order valence-electron chi connectivity index (χ2n) is 10.0. The average Bonchev–Trinajstić information content (AvgIpc) is 2.78. The third-order valence-electron chi connectivity index (χ3n) is 5.46. The molecule has 0 heterocycles. The number of alkyl carbamates (subject to hydrolysis) is 1. The minimum atomic E-state index is -0.849. The van der Waals surface area contributed by atoms with E-state index in [9.17, 15) is 14.4 Å². The number of hydrogen-bond acceptors (Lipinski definition) is 4. The zero-order chi connectivity index (χ0) is 26.2. The molecule has 2 unspecified atom stereocenters. The van der Waals surface area contributed by atoms with Gasteiger partial charge in [0.15, 0.2) is 0 Å². The van der Waals surface area contributed by atoms with E-state index >= 15 is 0 Å². The van der Waals surface area contributed by atoms with Crippen molar-refractivity contribution in [1.29, 1.82) is 0 Å². The second kappa shape index (κ2) is 12.4. The number of hydrogen-bond donors (Lipinski definition) is 2. The number of likely N-dealkylation sites (N-methyl/N-ethyl adjacent to an activating group) is 1. The molecule has 0 spiro atoms. The van der Waals surface area contributed by atoms with Crippen molar-refractivity contribution in [2.24, 2.45) is 5.92 Å². The molecule has 0 radical (unpaired) electrons. The van der Waals surface area contributed by atoms with Gasteiger partial charge in [0.1, 0.15) is 17.7 Å². The summed E-state index contributed by atoms with van der Waals surface area (Å²) in [7, 11) is 0. The molecule has 2 aromatic carbocycles. The summed E-state index contributed by atoms with van der Waals surface area (Å²) in [6.45, 7) is 13.4. The van der Waals surface area contributed by atoms with Crippen LogP contribution in [0.2, 0.25) is 0 Å². The van der Waals surface area contributed by atoms with E-state index in [2.05, 4.69) is 10.6 Å². The van der Waals surface area contributed by atoms with Crippen molar-refractivity contribution in [3.05, 3.63) is 71.3 Å². The monoisotopic (exact) mass is 481 g/mol. The Balaban J connectivity index is 2.36. The summed E-state index contributed by atoms with van der Waals surface area (Å²) in [5.74, 6) is -0.834.